The van der Waals surface area contributed by atoms with Crippen LogP contribution in [0.4, 0.5) is 10.5 Å². The van der Waals surface area contributed by atoms with Crippen molar-refractivity contribution in [2.24, 2.45) is 5.41 Å². The number of unbranched alkanes of at least 4 members (excludes halogenated alkanes) is 13. The lowest BCUT2D eigenvalue weighted by Gasteiger charge is -2.29. The zero-order chi connectivity index (χ0) is 39.5. The summed E-state index contributed by atoms with van der Waals surface area (Å²) in [6.45, 7) is 9.27. The number of amides is 4. The van der Waals surface area contributed by atoms with E-state index < -0.39 is 47.3 Å². The molecule has 2 unspecified atom stereocenters. The number of carbonyl (C=O) groups is 5. The zero-order valence-electron chi connectivity index (χ0n) is 33.3. The number of anilines is 1. The number of urea groups is 1. The first-order valence-corrected chi connectivity index (χ1v) is 19.9. The Morgan fingerprint density at radius 1 is 0.833 bits per heavy atom. The monoisotopic (exact) mass is 750 g/mol. The van der Waals surface area contributed by atoms with Gasteiger partial charge in [0.15, 0.2) is 11.8 Å². The first kappa shape index (κ1) is 43.9. The summed E-state index contributed by atoms with van der Waals surface area (Å²) in [5.74, 6) is -2.74. The highest BCUT2D eigenvalue weighted by Crippen LogP contribution is 2.31. The molecule has 1 aliphatic rings. The van der Waals surface area contributed by atoms with Crippen LogP contribution in [0.15, 0.2) is 42.6 Å². The number of benzene rings is 1. The van der Waals surface area contributed by atoms with Gasteiger partial charge < -0.3 is 19.5 Å². The summed E-state index contributed by atoms with van der Waals surface area (Å²) in [5.41, 5.74) is -0.881. The Morgan fingerprint density at radius 3 is 1.98 bits per heavy atom. The number of imide groups is 1. The summed E-state index contributed by atoms with van der Waals surface area (Å²) < 4.78 is 16.8. The molecule has 54 heavy (non-hydrogen) atoms. The van der Waals surface area contributed by atoms with Gasteiger partial charge in [-0.15, -0.1) is 0 Å². The molecule has 1 aromatic carbocycles. The van der Waals surface area contributed by atoms with Crippen molar-refractivity contribution < 1.29 is 38.2 Å². The second kappa shape index (κ2) is 22.7. The van der Waals surface area contributed by atoms with E-state index in [0.29, 0.717) is 11.3 Å². The molecule has 12 nitrogen and oxygen atoms in total. The first-order chi connectivity index (χ1) is 25.9. The highest BCUT2D eigenvalue weighted by molar-refractivity contribution is 6.19. The maximum Gasteiger partial charge on any atom is 0.338 e. The predicted octanol–water partition coefficient (Wildman–Crippen LogP) is 8.73. The number of Topliss-reactive ketones (excluding diaryl/α,β-unsaturated/α-hetero) is 1. The van der Waals surface area contributed by atoms with Crippen LogP contribution in [0.1, 0.15) is 141 Å². The van der Waals surface area contributed by atoms with E-state index in [1.54, 1.807) is 39.0 Å². The van der Waals surface area contributed by atoms with E-state index in [4.69, 9.17) is 14.2 Å². The normalized spacial score (nSPS) is 15.0. The average Bonchev–Trinajstić information content (AvgIpc) is 3.37. The van der Waals surface area contributed by atoms with Gasteiger partial charge in [0.05, 0.1) is 25.0 Å². The fourth-order valence-electron chi connectivity index (χ4n) is 6.36. The summed E-state index contributed by atoms with van der Waals surface area (Å²) in [6.07, 6.45) is 17.7. The van der Waals surface area contributed by atoms with Gasteiger partial charge in [-0.3, -0.25) is 19.3 Å². The van der Waals surface area contributed by atoms with Crippen molar-refractivity contribution in [2.75, 3.05) is 25.6 Å². The van der Waals surface area contributed by atoms with Crippen LogP contribution >= 0.6 is 0 Å². The lowest BCUT2D eigenvalue weighted by Crippen LogP contribution is -2.55. The summed E-state index contributed by atoms with van der Waals surface area (Å²) in [6, 6.07) is 6.63. The van der Waals surface area contributed by atoms with Crippen molar-refractivity contribution in [3.05, 3.63) is 48.2 Å². The van der Waals surface area contributed by atoms with E-state index in [-0.39, 0.29) is 36.0 Å². The molecule has 2 heterocycles. The Bertz CT molecular complexity index is 1510. The molecular weight excluding hydrogens is 688 g/mol. The van der Waals surface area contributed by atoms with Crippen LogP contribution in [0, 0.1) is 5.41 Å². The predicted molar refractivity (Wildman–Crippen MR) is 208 cm³/mol. The fraction of sp³-hybridized carbons (Fsp3) is 0.619. The molecule has 0 radical (unpaired) electrons. The molecule has 1 saturated heterocycles. The zero-order valence-corrected chi connectivity index (χ0v) is 33.3. The molecule has 1 aliphatic heterocycles. The second-order valence-electron chi connectivity index (χ2n) is 15.0. The molecule has 4 amide bonds. The molecule has 2 atom stereocenters. The molecule has 0 bridgehead atoms. The standard InChI is InChI=1S/C42H62N4O8/c1-7-9-10-11-12-13-14-15-16-17-18-19-20-23-29-53-40(50)31-25-26-33(52-6)32(30-31)44-37(48)35(36(47)42(3,4)5)46-38(49)39(45(28-8-2)41(46)51)54-34-24-21-22-27-43-34/h21-22,24-27,30,35,39H,7-20,23,28-29H2,1-6H3,(H,44,48). The molecule has 0 spiro atoms. The van der Waals surface area contributed by atoms with Crippen LogP contribution in [0.5, 0.6) is 11.6 Å². The molecule has 3 rings (SSSR count). The smallest absolute Gasteiger partial charge is 0.338 e. The number of hydrogen-bond donors (Lipinski definition) is 1. The van der Waals surface area contributed by atoms with Gasteiger partial charge in [0.1, 0.15) is 5.75 Å². The summed E-state index contributed by atoms with van der Waals surface area (Å²) in [4.78, 5) is 74.6. The SMILES string of the molecule is CCCCCCCCCCCCCCCCOC(=O)c1ccc(OC)c(NC(=O)C(C(=O)C(C)(C)C)N2C(=O)C(Oc3ccccn3)N(CCC)C2=O)c1. The highest BCUT2D eigenvalue weighted by Gasteiger charge is 2.54. The molecule has 1 aromatic heterocycles. The van der Waals surface area contributed by atoms with Crippen molar-refractivity contribution in [1.82, 2.24) is 14.8 Å². The number of pyridine rings is 1. The first-order valence-electron chi connectivity index (χ1n) is 19.9. The van der Waals surface area contributed by atoms with E-state index in [9.17, 15) is 24.0 Å². The Labute approximate surface area is 321 Å². The molecular formula is C42H62N4O8. The van der Waals surface area contributed by atoms with Crippen LogP contribution in [-0.2, 0) is 19.1 Å². The topological polar surface area (TPSA) is 144 Å². The number of rotatable bonds is 25. The number of carbonyl (C=O) groups excluding carboxylic acids is 5. The quantitative estimate of drug-likeness (QED) is 0.0456. The number of nitrogens with zero attached hydrogens (tertiary/aromatic N) is 3. The Balaban J connectivity index is 1.61. The van der Waals surface area contributed by atoms with Crippen LogP contribution in [-0.4, -0.2) is 76.9 Å². The van der Waals surface area contributed by atoms with Crippen molar-refractivity contribution in [1.29, 1.82) is 0 Å². The number of ether oxygens (including phenoxy) is 3. The number of aromatic nitrogens is 1. The Kier molecular flexibility index (Phi) is 18.4. The maximum atomic E-state index is 14.1. The minimum absolute atomic E-state index is 0.0750. The summed E-state index contributed by atoms with van der Waals surface area (Å²) in [5, 5.41) is 2.65. The van der Waals surface area contributed by atoms with Gasteiger partial charge in [-0.25, -0.2) is 19.5 Å². The van der Waals surface area contributed by atoms with Gasteiger partial charge in [-0.2, -0.15) is 0 Å². The van der Waals surface area contributed by atoms with Crippen LogP contribution in [0.2, 0.25) is 0 Å². The van der Waals surface area contributed by atoms with Crippen LogP contribution < -0.4 is 14.8 Å². The fourth-order valence-corrected chi connectivity index (χ4v) is 6.36. The Morgan fingerprint density at radius 2 is 1.44 bits per heavy atom. The molecule has 0 aliphatic carbocycles. The molecule has 0 saturated carbocycles. The Hall–Kier alpha value is -4.48. The lowest BCUT2D eigenvalue weighted by molar-refractivity contribution is -0.146. The highest BCUT2D eigenvalue weighted by atomic mass is 16.5. The van der Waals surface area contributed by atoms with Crippen LogP contribution in [0.3, 0.4) is 0 Å². The number of methoxy groups -OCH3 is 1. The summed E-state index contributed by atoms with van der Waals surface area (Å²) >= 11 is 0. The van der Waals surface area contributed by atoms with Crippen LogP contribution in [0.25, 0.3) is 0 Å². The minimum Gasteiger partial charge on any atom is -0.495 e. The number of nitrogens with one attached hydrogen (secondary N) is 1. The van der Waals surface area contributed by atoms with Crippen molar-refractivity contribution >= 4 is 35.3 Å². The maximum absolute atomic E-state index is 14.1. The molecule has 1 fully saturated rings. The lowest BCUT2D eigenvalue weighted by atomic mass is 9.85. The largest absolute Gasteiger partial charge is 0.495 e. The number of esters is 1. The third-order valence-electron chi connectivity index (χ3n) is 9.44. The van der Waals surface area contributed by atoms with Gasteiger partial charge in [0, 0.05) is 24.2 Å². The molecule has 12 heteroatoms. The third kappa shape index (κ3) is 13.1. The van der Waals surface area contributed by atoms with Gasteiger partial charge in [0.25, 0.3) is 18.0 Å². The van der Waals surface area contributed by atoms with E-state index >= 15 is 0 Å². The molecule has 1 N–H and O–H groups in total. The average molecular weight is 751 g/mol. The van der Waals surface area contributed by atoms with E-state index in [1.165, 1.54) is 107 Å². The van der Waals surface area contributed by atoms with Gasteiger partial charge in [0.2, 0.25) is 5.88 Å². The second-order valence-corrected chi connectivity index (χ2v) is 15.0. The van der Waals surface area contributed by atoms with Crippen molar-refractivity contribution in [2.45, 2.75) is 143 Å². The molecule has 298 valence electrons. The number of ketones is 1. The van der Waals surface area contributed by atoms with Crippen molar-refractivity contribution in [3.63, 3.8) is 0 Å². The van der Waals surface area contributed by atoms with E-state index in [0.717, 1.165) is 19.3 Å². The number of hydrogen-bond acceptors (Lipinski definition) is 9. The van der Waals surface area contributed by atoms with E-state index in [2.05, 4.69) is 17.2 Å². The van der Waals surface area contributed by atoms with Gasteiger partial charge >= 0.3 is 12.0 Å². The third-order valence-corrected chi connectivity index (χ3v) is 9.44. The minimum atomic E-state index is -1.85. The van der Waals surface area contributed by atoms with E-state index in [1.807, 2.05) is 6.92 Å². The van der Waals surface area contributed by atoms with Gasteiger partial charge in [-0.05, 0) is 37.1 Å². The van der Waals surface area contributed by atoms with Gasteiger partial charge in [-0.1, -0.05) is 124 Å². The van der Waals surface area contributed by atoms with Crippen molar-refractivity contribution in [3.8, 4) is 11.6 Å². The molecule has 2 aromatic rings. The summed E-state index contributed by atoms with van der Waals surface area (Å²) in [7, 11) is 1.39.